The fourth-order valence-corrected chi connectivity index (χ4v) is 2.92. The van der Waals surface area contributed by atoms with Gasteiger partial charge in [0.05, 0.1) is 12.5 Å². The molecule has 1 N–H and O–H groups in total. The predicted octanol–water partition coefficient (Wildman–Crippen LogP) is 0.786. The monoisotopic (exact) mass is 227 g/mol. The molecule has 0 spiro atoms. The normalized spacial score (nSPS) is 39.6. The number of hydrogen-bond donors (Lipinski definition) is 1. The first-order valence-electron chi connectivity index (χ1n) is 5.39. The molecule has 1 amide bonds. The maximum atomic E-state index is 12.0. The van der Waals surface area contributed by atoms with Crippen molar-refractivity contribution in [2.45, 2.75) is 39.2 Å². The first-order valence-corrected chi connectivity index (χ1v) is 5.39. The molecule has 1 aliphatic heterocycles. The number of carbonyl (C=O) groups excluding carboxylic acids is 2. The largest absolute Gasteiger partial charge is 0.448 e. The second kappa shape index (κ2) is 2.97. The maximum absolute atomic E-state index is 12.0. The number of hydrogen-bond acceptors (Lipinski definition) is 4. The molecule has 1 saturated heterocycles. The molecule has 0 radical (unpaired) electrons. The third-order valence-corrected chi connectivity index (χ3v) is 4.65. The van der Waals surface area contributed by atoms with Gasteiger partial charge < -0.3 is 4.74 Å². The fraction of sp³-hybridized carbons (Fsp3) is 0.818. The van der Waals surface area contributed by atoms with Crippen LogP contribution in [0.4, 0.5) is 0 Å². The van der Waals surface area contributed by atoms with Crippen molar-refractivity contribution in [2.24, 2.45) is 10.8 Å². The number of amides is 1. The Labute approximate surface area is 94.4 Å². The summed E-state index contributed by atoms with van der Waals surface area (Å²) in [5.74, 6) is -0.649. The van der Waals surface area contributed by atoms with Gasteiger partial charge in [-0.05, 0) is 19.8 Å². The summed E-state index contributed by atoms with van der Waals surface area (Å²) >= 11 is 0. The third-order valence-electron chi connectivity index (χ3n) is 4.65. The first-order chi connectivity index (χ1) is 7.32. The molecule has 5 heteroatoms. The lowest BCUT2D eigenvalue weighted by molar-refractivity contribution is -0.173. The molecule has 0 unspecified atom stereocenters. The Hall–Kier alpha value is -1.10. The van der Waals surface area contributed by atoms with Crippen LogP contribution >= 0.6 is 0 Å². The van der Waals surface area contributed by atoms with E-state index in [1.165, 1.54) is 7.11 Å². The smallest absolute Gasteiger partial charge is 0.313 e. The zero-order chi connectivity index (χ0) is 12.2. The van der Waals surface area contributed by atoms with Gasteiger partial charge in [-0.2, -0.15) is 0 Å². The summed E-state index contributed by atoms with van der Waals surface area (Å²) in [4.78, 5) is 28.5. The maximum Gasteiger partial charge on any atom is 0.313 e. The van der Waals surface area contributed by atoms with Gasteiger partial charge >= 0.3 is 5.97 Å². The number of hydroxylamine groups is 1. The van der Waals surface area contributed by atoms with Gasteiger partial charge in [0, 0.05) is 5.41 Å². The molecule has 2 rings (SSSR count). The molecular weight excluding hydrogens is 210 g/mol. The van der Waals surface area contributed by atoms with Gasteiger partial charge in [0.1, 0.15) is 0 Å². The van der Waals surface area contributed by atoms with Gasteiger partial charge in [-0.15, -0.1) is 0 Å². The van der Waals surface area contributed by atoms with Crippen LogP contribution in [0.3, 0.4) is 0 Å². The zero-order valence-electron chi connectivity index (χ0n) is 10.0. The fourth-order valence-electron chi connectivity index (χ4n) is 2.92. The molecule has 1 saturated carbocycles. The molecule has 2 bridgehead atoms. The molecule has 0 aromatic rings. The van der Waals surface area contributed by atoms with E-state index in [4.69, 9.17) is 4.74 Å². The van der Waals surface area contributed by atoms with Crippen molar-refractivity contribution >= 4 is 11.9 Å². The quantitative estimate of drug-likeness (QED) is 0.559. The van der Waals surface area contributed by atoms with Gasteiger partial charge in [0.15, 0.2) is 5.60 Å². The summed E-state index contributed by atoms with van der Waals surface area (Å²) in [7, 11) is 1.37. The Morgan fingerprint density at radius 1 is 1.38 bits per heavy atom. The predicted molar refractivity (Wildman–Crippen MR) is 55.1 cm³/mol. The van der Waals surface area contributed by atoms with Crippen molar-refractivity contribution in [3.63, 3.8) is 0 Å². The molecule has 2 atom stereocenters. The Bertz CT molecular complexity index is 365. The number of ether oxygens (including phenoxy) is 1. The highest BCUT2D eigenvalue weighted by atomic mass is 16.6. The highest BCUT2D eigenvalue weighted by Gasteiger charge is 2.75. The zero-order valence-corrected chi connectivity index (χ0v) is 10.0. The van der Waals surface area contributed by atoms with Crippen molar-refractivity contribution in [1.29, 1.82) is 0 Å². The van der Waals surface area contributed by atoms with Crippen LogP contribution in [-0.4, -0.2) is 24.6 Å². The van der Waals surface area contributed by atoms with Crippen LogP contribution in [0.1, 0.15) is 33.6 Å². The molecule has 16 heavy (non-hydrogen) atoms. The van der Waals surface area contributed by atoms with E-state index in [1.807, 2.05) is 20.8 Å². The van der Waals surface area contributed by atoms with Crippen molar-refractivity contribution in [3.05, 3.63) is 0 Å². The van der Waals surface area contributed by atoms with Crippen LogP contribution in [-0.2, 0) is 19.2 Å². The molecule has 5 nitrogen and oxygen atoms in total. The second-order valence-electron chi connectivity index (χ2n) is 5.31. The molecule has 0 aromatic carbocycles. The van der Waals surface area contributed by atoms with Gasteiger partial charge in [-0.3, -0.25) is 14.4 Å². The topological polar surface area (TPSA) is 64.6 Å². The summed E-state index contributed by atoms with van der Waals surface area (Å²) in [5.41, 5.74) is 0.123. The summed E-state index contributed by atoms with van der Waals surface area (Å²) in [6.45, 7) is 5.67. The molecular formula is C11H17NO4. The molecule has 90 valence electrons. The van der Waals surface area contributed by atoms with E-state index in [9.17, 15) is 9.59 Å². The minimum absolute atomic E-state index is 0.282. The molecule has 1 aliphatic carbocycles. The number of carbonyl (C=O) groups is 2. The van der Waals surface area contributed by atoms with Crippen LogP contribution in [0, 0.1) is 10.8 Å². The van der Waals surface area contributed by atoms with Crippen LogP contribution < -0.4 is 5.48 Å². The van der Waals surface area contributed by atoms with Crippen LogP contribution in [0.2, 0.25) is 0 Å². The van der Waals surface area contributed by atoms with Crippen LogP contribution in [0.15, 0.2) is 0 Å². The van der Waals surface area contributed by atoms with Gasteiger partial charge in [0.2, 0.25) is 0 Å². The Morgan fingerprint density at radius 3 is 2.38 bits per heavy atom. The van der Waals surface area contributed by atoms with Crippen molar-refractivity contribution in [1.82, 2.24) is 5.48 Å². The Balaban J connectivity index is 2.44. The minimum atomic E-state index is -1.07. The van der Waals surface area contributed by atoms with E-state index in [-0.39, 0.29) is 11.9 Å². The van der Waals surface area contributed by atoms with Gasteiger partial charge in [0.25, 0.3) is 5.91 Å². The average Bonchev–Trinajstić information content (AvgIpc) is 2.48. The van der Waals surface area contributed by atoms with Crippen molar-refractivity contribution in [2.75, 3.05) is 7.11 Å². The average molecular weight is 227 g/mol. The van der Waals surface area contributed by atoms with Crippen molar-refractivity contribution < 1.29 is 19.2 Å². The summed E-state index contributed by atoms with van der Waals surface area (Å²) < 4.78 is 5.35. The number of nitrogens with one attached hydrogen (secondary N) is 1. The molecule has 1 heterocycles. The second-order valence-corrected chi connectivity index (χ2v) is 5.31. The van der Waals surface area contributed by atoms with Crippen LogP contribution in [0.5, 0.6) is 0 Å². The lowest BCUT2D eigenvalue weighted by Gasteiger charge is -2.34. The Kier molecular flexibility index (Phi) is 2.11. The third kappa shape index (κ3) is 0.948. The highest BCUT2D eigenvalue weighted by Crippen LogP contribution is 2.65. The Morgan fingerprint density at radius 2 is 2.00 bits per heavy atom. The van der Waals surface area contributed by atoms with E-state index in [2.05, 4.69) is 10.3 Å². The van der Waals surface area contributed by atoms with Crippen molar-refractivity contribution in [3.8, 4) is 0 Å². The van der Waals surface area contributed by atoms with E-state index >= 15 is 0 Å². The molecule has 2 fully saturated rings. The summed E-state index contributed by atoms with van der Waals surface area (Å²) in [6, 6.07) is 0. The highest BCUT2D eigenvalue weighted by molar-refractivity contribution is 5.95. The number of esters is 1. The summed E-state index contributed by atoms with van der Waals surface area (Å²) in [5, 5.41) is 0. The number of rotatable bonds is 2. The molecule has 2 aliphatic rings. The lowest BCUT2D eigenvalue weighted by Crippen LogP contribution is -2.53. The number of fused-ring (bicyclic) bond motifs is 2. The van der Waals surface area contributed by atoms with E-state index in [1.54, 1.807) is 0 Å². The lowest BCUT2D eigenvalue weighted by atomic mass is 9.66. The minimum Gasteiger partial charge on any atom is -0.448 e. The first kappa shape index (κ1) is 11.4. The van der Waals surface area contributed by atoms with E-state index in [0.717, 1.165) is 0 Å². The summed E-state index contributed by atoms with van der Waals surface area (Å²) in [6.07, 6.45) is 1.23. The van der Waals surface area contributed by atoms with E-state index < -0.39 is 16.4 Å². The van der Waals surface area contributed by atoms with Gasteiger partial charge in [-0.1, -0.05) is 13.8 Å². The SMILES string of the molecule is CONC(=O)[C@@]12CC[C@@](C)(C(=O)O1)C2(C)C. The van der Waals surface area contributed by atoms with Crippen LogP contribution in [0.25, 0.3) is 0 Å². The molecule has 0 aromatic heterocycles. The van der Waals surface area contributed by atoms with Gasteiger partial charge in [-0.25, -0.2) is 5.48 Å². The van der Waals surface area contributed by atoms with E-state index in [0.29, 0.717) is 12.8 Å². The standard InChI is InChI=1S/C11H17NO4/c1-9(2)10(3)5-6-11(9,16-8(10)14)7(13)12-15-4/h5-6H2,1-4H3,(H,12,13)/t10-,11+/m0/s1.